The number of fused-ring (bicyclic) bond motifs is 1. The van der Waals surface area contributed by atoms with Crippen molar-refractivity contribution in [2.45, 2.75) is 31.8 Å². The molecule has 0 saturated heterocycles. The van der Waals surface area contributed by atoms with Crippen LogP contribution in [0.3, 0.4) is 0 Å². The zero-order chi connectivity index (χ0) is 14.7. The smallest absolute Gasteiger partial charge is 0.244 e. The summed E-state index contributed by atoms with van der Waals surface area (Å²) in [7, 11) is 5.64. The summed E-state index contributed by atoms with van der Waals surface area (Å²) in [5.41, 5.74) is 2.48. The zero-order valence-electron chi connectivity index (χ0n) is 12.9. The summed E-state index contributed by atoms with van der Waals surface area (Å²) in [6.45, 7) is 2.93. The lowest BCUT2D eigenvalue weighted by Gasteiger charge is -2.32. The molecule has 0 spiro atoms. The molecule has 0 radical (unpaired) electrons. The maximum atomic E-state index is 12.3. The van der Waals surface area contributed by atoms with E-state index in [1.165, 1.54) is 11.3 Å². The molecule has 0 aromatic heterocycles. The first kappa shape index (κ1) is 14.9. The largest absolute Gasteiger partial charge is 0.360 e. The van der Waals surface area contributed by atoms with Crippen LogP contribution in [0, 0.1) is 0 Å². The molecular weight excluding hydrogens is 250 g/mol. The van der Waals surface area contributed by atoms with Gasteiger partial charge in [-0.05, 0) is 38.4 Å². The molecule has 0 aliphatic carbocycles. The van der Waals surface area contributed by atoms with E-state index in [2.05, 4.69) is 34.5 Å². The van der Waals surface area contributed by atoms with E-state index < -0.39 is 0 Å². The van der Waals surface area contributed by atoms with Crippen LogP contribution < -0.4 is 10.2 Å². The van der Waals surface area contributed by atoms with Crippen molar-refractivity contribution >= 4 is 11.6 Å². The number of carbonyl (C=O) groups excluding carboxylic acids is 1. The lowest BCUT2D eigenvalue weighted by Crippen LogP contribution is -2.45. The standard InChI is InChI=1S/C16H25N3O/c1-12(16(20)18(3)4)19-11-7-9-14(17-2)13-8-5-6-10-15(13)19/h5-6,8,10,12,14,17H,7,9,11H2,1-4H3. The van der Waals surface area contributed by atoms with E-state index in [0.29, 0.717) is 6.04 Å². The molecule has 4 heteroatoms. The normalized spacial score (nSPS) is 20.0. The van der Waals surface area contributed by atoms with Crippen molar-refractivity contribution in [3.8, 4) is 0 Å². The van der Waals surface area contributed by atoms with Gasteiger partial charge in [-0.25, -0.2) is 0 Å². The zero-order valence-corrected chi connectivity index (χ0v) is 12.9. The fourth-order valence-electron chi connectivity index (χ4n) is 2.99. The first-order valence-corrected chi connectivity index (χ1v) is 7.30. The predicted molar refractivity (Wildman–Crippen MR) is 83.0 cm³/mol. The topological polar surface area (TPSA) is 35.6 Å². The molecule has 1 N–H and O–H groups in total. The molecule has 110 valence electrons. The molecule has 0 bridgehead atoms. The number of amides is 1. The van der Waals surface area contributed by atoms with Crippen LogP contribution in [-0.2, 0) is 4.79 Å². The number of nitrogens with zero attached hydrogens (tertiary/aromatic N) is 2. The highest BCUT2D eigenvalue weighted by atomic mass is 16.2. The Balaban J connectivity index is 2.37. The molecule has 1 heterocycles. The maximum Gasteiger partial charge on any atom is 0.244 e. The number of nitrogens with one attached hydrogen (secondary N) is 1. The molecule has 1 aliphatic heterocycles. The van der Waals surface area contributed by atoms with Crippen LogP contribution in [0.1, 0.15) is 31.4 Å². The van der Waals surface area contributed by atoms with E-state index in [1.54, 1.807) is 4.90 Å². The summed E-state index contributed by atoms with van der Waals surface area (Å²) in [6.07, 6.45) is 2.19. The van der Waals surface area contributed by atoms with Gasteiger partial charge in [0, 0.05) is 32.4 Å². The Hall–Kier alpha value is -1.55. The SMILES string of the molecule is CNC1CCCN(C(C)C(=O)N(C)C)c2ccccc21. The number of hydrogen-bond donors (Lipinski definition) is 1. The number of anilines is 1. The number of para-hydroxylation sites is 1. The Kier molecular flexibility index (Phi) is 4.65. The van der Waals surface area contributed by atoms with Gasteiger partial charge in [0.25, 0.3) is 0 Å². The second-order valence-electron chi connectivity index (χ2n) is 5.64. The number of rotatable bonds is 3. The molecule has 1 aromatic carbocycles. The highest BCUT2D eigenvalue weighted by molar-refractivity contribution is 5.85. The van der Waals surface area contributed by atoms with Gasteiger partial charge in [0.2, 0.25) is 5.91 Å². The fraction of sp³-hybridized carbons (Fsp3) is 0.562. The summed E-state index contributed by atoms with van der Waals surface area (Å²) in [6, 6.07) is 8.67. The summed E-state index contributed by atoms with van der Waals surface area (Å²) < 4.78 is 0. The van der Waals surface area contributed by atoms with Crippen LogP contribution in [0.5, 0.6) is 0 Å². The molecule has 1 aromatic rings. The molecule has 0 saturated carbocycles. The number of benzene rings is 1. The van der Waals surface area contributed by atoms with Crippen LogP contribution in [0.15, 0.2) is 24.3 Å². The Bertz CT molecular complexity index is 473. The third-order valence-corrected chi connectivity index (χ3v) is 4.13. The van der Waals surface area contributed by atoms with Gasteiger partial charge in [0.1, 0.15) is 6.04 Å². The monoisotopic (exact) mass is 275 g/mol. The lowest BCUT2D eigenvalue weighted by molar-refractivity contribution is -0.129. The highest BCUT2D eigenvalue weighted by Gasteiger charge is 2.28. The maximum absolute atomic E-state index is 12.3. The third kappa shape index (κ3) is 2.80. The number of carbonyl (C=O) groups is 1. The van der Waals surface area contributed by atoms with Crippen LogP contribution in [0.25, 0.3) is 0 Å². The van der Waals surface area contributed by atoms with Crippen molar-refractivity contribution in [3.05, 3.63) is 29.8 Å². The van der Waals surface area contributed by atoms with E-state index in [4.69, 9.17) is 0 Å². The van der Waals surface area contributed by atoms with Crippen molar-refractivity contribution in [3.63, 3.8) is 0 Å². The molecular formula is C16H25N3O. The minimum Gasteiger partial charge on any atom is -0.360 e. The van der Waals surface area contributed by atoms with Crippen molar-refractivity contribution in [2.75, 3.05) is 32.6 Å². The van der Waals surface area contributed by atoms with Crippen LogP contribution in [0.2, 0.25) is 0 Å². The van der Waals surface area contributed by atoms with Crippen molar-refractivity contribution in [2.24, 2.45) is 0 Å². The third-order valence-electron chi connectivity index (χ3n) is 4.13. The quantitative estimate of drug-likeness (QED) is 0.917. The van der Waals surface area contributed by atoms with E-state index >= 15 is 0 Å². The van der Waals surface area contributed by atoms with Gasteiger partial charge in [-0.15, -0.1) is 0 Å². The van der Waals surface area contributed by atoms with Gasteiger partial charge in [-0.3, -0.25) is 4.79 Å². The molecule has 0 fully saturated rings. The minimum atomic E-state index is -0.123. The first-order valence-electron chi connectivity index (χ1n) is 7.30. The van der Waals surface area contributed by atoms with E-state index in [9.17, 15) is 4.79 Å². The Labute approximate surface area is 121 Å². The average Bonchev–Trinajstić information content (AvgIpc) is 2.64. The molecule has 2 rings (SSSR count). The van der Waals surface area contributed by atoms with Crippen LogP contribution in [-0.4, -0.2) is 44.5 Å². The summed E-state index contributed by atoms with van der Waals surface area (Å²) in [5.74, 6) is 0.155. The minimum absolute atomic E-state index is 0.123. The Morgan fingerprint density at radius 2 is 2.10 bits per heavy atom. The van der Waals surface area contributed by atoms with E-state index in [-0.39, 0.29) is 11.9 Å². The van der Waals surface area contributed by atoms with Crippen molar-refractivity contribution < 1.29 is 4.79 Å². The van der Waals surface area contributed by atoms with Crippen molar-refractivity contribution in [1.29, 1.82) is 0 Å². The molecule has 4 nitrogen and oxygen atoms in total. The molecule has 1 amide bonds. The molecule has 2 atom stereocenters. The van der Waals surface area contributed by atoms with Gasteiger partial charge in [-0.1, -0.05) is 18.2 Å². The Morgan fingerprint density at radius 1 is 1.40 bits per heavy atom. The van der Waals surface area contributed by atoms with E-state index in [1.807, 2.05) is 28.1 Å². The summed E-state index contributed by atoms with van der Waals surface area (Å²) >= 11 is 0. The second kappa shape index (κ2) is 6.27. The fourth-order valence-corrected chi connectivity index (χ4v) is 2.99. The Morgan fingerprint density at radius 3 is 2.75 bits per heavy atom. The van der Waals surface area contributed by atoms with Gasteiger partial charge in [-0.2, -0.15) is 0 Å². The van der Waals surface area contributed by atoms with Crippen molar-refractivity contribution in [1.82, 2.24) is 10.2 Å². The van der Waals surface area contributed by atoms with Crippen LogP contribution in [0.4, 0.5) is 5.69 Å². The number of likely N-dealkylation sites (N-methyl/N-ethyl adjacent to an activating group) is 1. The first-order chi connectivity index (χ1) is 9.56. The molecule has 20 heavy (non-hydrogen) atoms. The van der Waals surface area contributed by atoms with Gasteiger partial charge in [0.05, 0.1) is 0 Å². The number of hydrogen-bond acceptors (Lipinski definition) is 3. The average molecular weight is 275 g/mol. The molecule has 1 aliphatic rings. The van der Waals surface area contributed by atoms with Gasteiger partial charge < -0.3 is 15.1 Å². The van der Waals surface area contributed by atoms with Gasteiger partial charge in [0.15, 0.2) is 0 Å². The van der Waals surface area contributed by atoms with E-state index in [0.717, 1.165) is 19.4 Å². The van der Waals surface area contributed by atoms with Crippen LogP contribution >= 0.6 is 0 Å². The lowest BCUT2D eigenvalue weighted by atomic mass is 10.0. The molecule has 2 unspecified atom stereocenters. The predicted octanol–water partition coefficient (Wildman–Crippen LogP) is 2.02. The van der Waals surface area contributed by atoms with Gasteiger partial charge >= 0.3 is 0 Å². The highest BCUT2D eigenvalue weighted by Crippen LogP contribution is 2.33. The second-order valence-corrected chi connectivity index (χ2v) is 5.64. The summed E-state index contributed by atoms with van der Waals surface area (Å²) in [5, 5.41) is 3.39. The summed E-state index contributed by atoms with van der Waals surface area (Å²) in [4.78, 5) is 16.2.